The Bertz CT molecular complexity index is 583. The monoisotopic (exact) mass is 285 g/mol. The maximum atomic E-state index is 4.74. The van der Waals surface area contributed by atoms with Gasteiger partial charge in [0.2, 0.25) is 0 Å². The molecule has 1 aliphatic rings. The molecule has 0 atom stereocenters. The van der Waals surface area contributed by atoms with Gasteiger partial charge >= 0.3 is 0 Å². The number of aromatic nitrogens is 4. The van der Waals surface area contributed by atoms with E-state index < -0.39 is 0 Å². The molecule has 1 fully saturated rings. The summed E-state index contributed by atoms with van der Waals surface area (Å²) in [5, 5.41) is 0. The van der Waals surface area contributed by atoms with E-state index >= 15 is 0 Å². The Labute approximate surface area is 126 Å². The van der Waals surface area contributed by atoms with Crippen molar-refractivity contribution in [3.63, 3.8) is 0 Å². The molecular weight excluding hydrogens is 262 g/mol. The Morgan fingerprint density at radius 1 is 1.19 bits per heavy atom. The molecule has 0 bridgehead atoms. The van der Waals surface area contributed by atoms with E-state index in [1.54, 1.807) is 0 Å². The SMILES string of the molecule is Cc1cc(N2CCC(n3ccnc3)CC2)nc(C(C)C)n1. The van der Waals surface area contributed by atoms with Crippen molar-refractivity contribution in [3.05, 3.63) is 36.3 Å². The number of piperidine rings is 1. The molecule has 0 aromatic carbocycles. The molecule has 2 aromatic heterocycles. The fraction of sp³-hybridized carbons (Fsp3) is 0.562. The molecule has 0 aliphatic carbocycles. The van der Waals surface area contributed by atoms with E-state index in [1.165, 1.54) is 0 Å². The molecule has 1 aliphatic heterocycles. The van der Waals surface area contributed by atoms with Crippen LogP contribution in [0.4, 0.5) is 5.82 Å². The van der Waals surface area contributed by atoms with E-state index in [1.807, 2.05) is 12.5 Å². The van der Waals surface area contributed by atoms with Crippen LogP contribution in [-0.2, 0) is 0 Å². The number of hydrogen-bond donors (Lipinski definition) is 0. The summed E-state index contributed by atoms with van der Waals surface area (Å²) in [6.45, 7) is 8.41. The molecule has 0 spiro atoms. The van der Waals surface area contributed by atoms with Crippen LogP contribution in [0.3, 0.4) is 0 Å². The molecule has 3 heterocycles. The van der Waals surface area contributed by atoms with E-state index in [9.17, 15) is 0 Å². The molecule has 2 aromatic rings. The first kappa shape index (κ1) is 14.0. The van der Waals surface area contributed by atoms with Gasteiger partial charge in [-0.3, -0.25) is 0 Å². The summed E-state index contributed by atoms with van der Waals surface area (Å²) in [6.07, 6.45) is 8.11. The predicted octanol–water partition coefficient (Wildman–Crippen LogP) is 2.95. The highest BCUT2D eigenvalue weighted by atomic mass is 15.2. The second-order valence-electron chi connectivity index (χ2n) is 6.11. The fourth-order valence-corrected chi connectivity index (χ4v) is 2.87. The maximum absolute atomic E-state index is 4.74. The van der Waals surface area contributed by atoms with Crippen molar-refractivity contribution in [1.82, 2.24) is 19.5 Å². The molecule has 21 heavy (non-hydrogen) atoms. The highest BCUT2D eigenvalue weighted by Gasteiger charge is 2.21. The van der Waals surface area contributed by atoms with Crippen molar-refractivity contribution in [2.24, 2.45) is 0 Å². The van der Waals surface area contributed by atoms with Gasteiger partial charge in [-0.15, -0.1) is 0 Å². The number of imidazole rings is 1. The van der Waals surface area contributed by atoms with Crippen molar-refractivity contribution in [2.75, 3.05) is 18.0 Å². The lowest BCUT2D eigenvalue weighted by Gasteiger charge is -2.33. The number of nitrogens with zero attached hydrogens (tertiary/aromatic N) is 5. The highest BCUT2D eigenvalue weighted by Crippen LogP contribution is 2.26. The van der Waals surface area contributed by atoms with Crippen LogP contribution in [0.15, 0.2) is 24.8 Å². The Morgan fingerprint density at radius 3 is 2.57 bits per heavy atom. The summed E-state index contributed by atoms with van der Waals surface area (Å²) >= 11 is 0. The van der Waals surface area contributed by atoms with E-state index in [0.29, 0.717) is 12.0 Å². The normalized spacial score (nSPS) is 16.7. The highest BCUT2D eigenvalue weighted by molar-refractivity contribution is 5.40. The van der Waals surface area contributed by atoms with Crippen LogP contribution < -0.4 is 4.90 Å². The Morgan fingerprint density at radius 2 is 1.95 bits per heavy atom. The van der Waals surface area contributed by atoms with Gasteiger partial charge < -0.3 is 9.47 Å². The first-order valence-electron chi connectivity index (χ1n) is 7.71. The van der Waals surface area contributed by atoms with Gasteiger partial charge in [0.1, 0.15) is 11.6 Å². The van der Waals surface area contributed by atoms with Crippen molar-refractivity contribution < 1.29 is 0 Å². The van der Waals surface area contributed by atoms with E-state index in [2.05, 4.69) is 52.5 Å². The van der Waals surface area contributed by atoms with Gasteiger partial charge in [0.05, 0.1) is 6.33 Å². The number of aryl methyl sites for hydroxylation is 1. The molecule has 0 saturated carbocycles. The standard InChI is InChI=1S/C16H23N5/c1-12(2)16-18-13(3)10-15(19-16)20-7-4-14(5-8-20)21-9-6-17-11-21/h6,9-12,14H,4-5,7-8H2,1-3H3. The van der Waals surface area contributed by atoms with Gasteiger partial charge in [-0.05, 0) is 19.8 Å². The van der Waals surface area contributed by atoms with Gasteiger partial charge in [-0.2, -0.15) is 0 Å². The molecular formula is C16H23N5. The Balaban J connectivity index is 1.72. The summed E-state index contributed by atoms with van der Waals surface area (Å²) in [5.41, 5.74) is 1.06. The van der Waals surface area contributed by atoms with Gasteiger partial charge in [-0.1, -0.05) is 13.8 Å². The first-order chi connectivity index (χ1) is 10.1. The predicted molar refractivity (Wildman–Crippen MR) is 83.6 cm³/mol. The van der Waals surface area contributed by atoms with Gasteiger partial charge in [0.25, 0.3) is 0 Å². The summed E-state index contributed by atoms with van der Waals surface area (Å²) in [6, 6.07) is 2.67. The molecule has 0 radical (unpaired) electrons. The number of anilines is 1. The van der Waals surface area contributed by atoms with Crippen molar-refractivity contribution >= 4 is 5.82 Å². The molecule has 0 amide bonds. The van der Waals surface area contributed by atoms with Crippen LogP contribution >= 0.6 is 0 Å². The average molecular weight is 285 g/mol. The quantitative estimate of drug-likeness (QED) is 0.870. The summed E-state index contributed by atoms with van der Waals surface area (Å²) in [7, 11) is 0. The van der Waals surface area contributed by atoms with Crippen LogP contribution in [0, 0.1) is 6.92 Å². The third kappa shape index (κ3) is 3.06. The zero-order chi connectivity index (χ0) is 14.8. The molecule has 1 saturated heterocycles. The molecule has 3 rings (SSSR count). The van der Waals surface area contributed by atoms with Crippen LogP contribution in [0.25, 0.3) is 0 Å². The lowest BCUT2D eigenvalue weighted by atomic mass is 10.0. The zero-order valence-electron chi connectivity index (χ0n) is 13.0. The average Bonchev–Trinajstić information content (AvgIpc) is 3.01. The van der Waals surface area contributed by atoms with Gasteiger partial charge in [0, 0.05) is 49.2 Å². The van der Waals surface area contributed by atoms with E-state index in [0.717, 1.165) is 43.3 Å². The third-order valence-corrected chi connectivity index (χ3v) is 4.11. The van der Waals surface area contributed by atoms with Crippen LogP contribution in [0.5, 0.6) is 0 Å². The summed E-state index contributed by atoms with van der Waals surface area (Å²) in [4.78, 5) is 15.8. The third-order valence-electron chi connectivity index (χ3n) is 4.11. The van der Waals surface area contributed by atoms with E-state index in [4.69, 9.17) is 4.98 Å². The number of rotatable bonds is 3. The van der Waals surface area contributed by atoms with Crippen molar-refractivity contribution in [2.45, 2.75) is 45.6 Å². The molecule has 0 N–H and O–H groups in total. The maximum Gasteiger partial charge on any atom is 0.133 e. The minimum absolute atomic E-state index is 0.368. The second kappa shape index (κ2) is 5.84. The fourth-order valence-electron chi connectivity index (χ4n) is 2.87. The van der Waals surface area contributed by atoms with Crippen LogP contribution in [0.1, 0.15) is 50.2 Å². The van der Waals surface area contributed by atoms with E-state index in [-0.39, 0.29) is 0 Å². The second-order valence-corrected chi connectivity index (χ2v) is 6.11. The largest absolute Gasteiger partial charge is 0.356 e. The minimum Gasteiger partial charge on any atom is -0.356 e. The first-order valence-corrected chi connectivity index (χ1v) is 7.71. The Kier molecular flexibility index (Phi) is 3.90. The van der Waals surface area contributed by atoms with Crippen LogP contribution in [-0.4, -0.2) is 32.6 Å². The molecule has 0 unspecified atom stereocenters. The summed E-state index contributed by atoms with van der Waals surface area (Å²) in [5.74, 6) is 2.39. The lowest BCUT2D eigenvalue weighted by Crippen LogP contribution is -2.35. The topological polar surface area (TPSA) is 46.8 Å². The smallest absolute Gasteiger partial charge is 0.133 e. The van der Waals surface area contributed by atoms with Gasteiger partial charge in [-0.25, -0.2) is 15.0 Å². The van der Waals surface area contributed by atoms with Crippen LogP contribution in [0.2, 0.25) is 0 Å². The summed E-state index contributed by atoms with van der Waals surface area (Å²) < 4.78 is 2.22. The Hall–Kier alpha value is -1.91. The zero-order valence-corrected chi connectivity index (χ0v) is 13.0. The van der Waals surface area contributed by atoms with Crippen molar-refractivity contribution in [1.29, 1.82) is 0 Å². The minimum atomic E-state index is 0.368. The van der Waals surface area contributed by atoms with Crippen molar-refractivity contribution in [3.8, 4) is 0 Å². The molecule has 112 valence electrons. The lowest BCUT2D eigenvalue weighted by molar-refractivity contribution is 0.394. The molecule has 5 nitrogen and oxygen atoms in total. The number of hydrogen-bond acceptors (Lipinski definition) is 4. The van der Waals surface area contributed by atoms with Gasteiger partial charge in [0.15, 0.2) is 0 Å². The molecule has 5 heteroatoms.